The fourth-order valence-electron chi connectivity index (χ4n) is 2.69. The van der Waals surface area contributed by atoms with E-state index >= 15 is 0 Å². The second kappa shape index (κ2) is 4.84. The van der Waals surface area contributed by atoms with Gasteiger partial charge in [-0.05, 0) is 36.2 Å². The highest BCUT2D eigenvalue weighted by molar-refractivity contribution is 8.16. The first-order valence-corrected chi connectivity index (χ1v) is 7.94. The van der Waals surface area contributed by atoms with Crippen LogP contribution in [0.4, 0.5) is 5.69 Å². The van der Waals surface area contributed by atoms with Crippen LogP contribution in [0, 0.1) is 0 Å². The van der Waals surface area contributed by atoms with Crippen LogP contribution in [0.15, 0.2) is 47.8 Å². The van der Waals surface area contributed by atoms with Crippen LogP contribution < -0.4 is 10.7 Å². The van der Waals surface area contributed by atoms with Crippen molar-refractivity contribution >= 4 is 28.4 Å². The highest BCUT2D eigenvalue weighted by atomic mass is 32.2. The Labute approximate surface area is 132 Å². The molecular formula is C16H14N4OS. The number of aryl methyl sites for hydroxylation is 1. The maximum atomic E-state index is 12.6. The maximum Gasteiger partial charge on any atom is 0.267 e. The van der Waals surface area contributed by atoms with Crippen LogP contribution in [0.2, 0.25) is 0 Å². The summed E-state index contributed by atoms with van der Waals surface area (Å²) >= 11 is 1.44. The number of hydrogen-bond donors (Lipinski definition) is 2. The highest BCUT2D eigenvalue weighted by Crippen LogP contribution is 2.48. The topological polar surface area (TPSA) is 66.4 Å². The predicted octanol–water partition coefficient (Wildman–Crippen LogP) is 2.45. The van der Waals surface area contributed by atoms with Gasteiger partial charge in [0.25, 0.3) is 5.91 Å². The van der Waals surface area contributed by atoms with Crippen molar-refractivity contribution in [3.63, 3.8) is 0 Å². The van der Waals surface area contributed by atoms with Crippen molar-refractivity contribution < 1.29 is 4.79 Å². The molecule has 1 unspecified atom stereocenters. The molecule has 1 amide bonds. The summed E-state index contributed by atoms with van der Waals surface area (Å²) in [5.74, 6) is -0.0754. The molecule has 0 aliphatic carbocycles. The summed E-state index contributed by atoms with van der Waals surface area (Å²) in [6.07, 6.45) is 4.38. The Kier molecular flexibility index (Phi) is 2.94. The van der Waals surface area contributed by atoms with Crippen LogP contribution in [-0.2, 0) is 16.1 Å². The van der Waals surface area contributed by atoms with Gasteiger partial charge in [0, 0.05) is 29.2 Å². The van der Waals surface area contributed by atoms with Crippen molar-refractivity contribution in [2.45, 2.75) is 18.2 Å². The Hall–Kier alpha value is -2.34. The average Bonchev–Trinajstić information content (AvgIpc) is 3.12. The first-order valence-electron chi connectivity index (χ1n) is 7.12. The fraction of sp³-hybridized carbons (Fsp3) is 0.188. The zero-order valence-corrected chi connectivity index (χ0v) is 12.8. The number of carbonyl (C=O) groups is 1. The molecule has 0 fully saturated rings. The average molecular weight is 310 g/mol. The van der Waals surface area contributed by atoms with E-state index in [2.05, 4.69) is 33.8 Å². The van der Waals surface area contributed by atoms with Crippen molar-refractivity contribution in [1.29, 1.82) is 0 Å². The molecule has 1 aromatic heterocycles. The summed E-state index contributed by atoms with van der Waals surface area (Å²) in [6, 6.07) is 9.87. The summed E-state index contributed by atoms with van der Waals surface area (Å²) < 4.78 is 0. The smallest absolute Gasteiger partial charge is 0.267 e. The minimum Gasteiger partial charge on any atom is -0.323 e. The molecule has 2 aliphatic rings. The zero-order chi connectivity index (χ0) is 15.2. The van der Waals surface area contributed by atoms with Crippen molar-refractivity contribution in [1.82, 2.24) is 10.4 Å². The van der Waals surface area contributed by atoms with Gasteiger partial charge in [-0.3, -0.25) is 15.2 Å². The number of fused-ring (bicyclic) bond motifs is 2. The lowest BCUT2D eigenvalue weighted by atomic mass is 10.0. The Morgan fingerprint density at radius 3 is 2.82 bits per heavy atom. The minimum absolute atomic E-state index is 0.0754. The molecule has 5 nitrogen and oxygen atoms in total. The first-order chi connectivity index (χ1) is 10.7. The van der Waals surface area contributed by atoms with E-state index < -0.39 is 4.87 Å². The second-order valence-electron chi connectivity index (χ2n) is 5.24. The lowest BCUT2D eigenvalue weighted by Crippen LogP contribution is -2.39. The van der Waals surface area contributed by atoms with Crippen LogP contribution in [0.25, 0.3) is 0 Å². The SMILES string of the molecule is CCc1ccc2c(c1)C1(NN=C(c3ccncc3)S1)C(=O)N2. The van der Waals surface area contributed by atoms with Gasteiger partial charge in [0.15, 0.2) is 0 Å². The number of amides is 1. The summed E-state index contributed by atoms with van der Waals surface area (Å²) in [5, 5.41) is 8.13. The molecular weight excluding hydrogens is 296 g/mol. The van der Waals surface area contributed by atoms with Crippen LogP contribution >= 0.6 is 11.8 Å². The zero-order valence-electron chi connectivity index (χ0n) is 12.0. The minimum atomic E-state index is -0.862. The van der Waals surface area contributed by atoms with Crippen LogP contribution in [0.3, 0.4) is 0 Å². The highest BCUT2D eigenvalue weighted by Gasteiger charge is 2.52. The second-order valence-corrected chi connectivity index (χ2v) is 6.44. The van der Waals surface area contributed by atoms with Crippen molar-refractivity contribution in [3.8, 4) is 0 Å². The Balaban J connectivity index is 1.74. The van der Waals surface area contributed by atoms with Gasteiger partial charge in [-0.2, -0.15) is 5.10 Å². The van der Waals surface area contributed by atoms with Crippen LogP contribution in [0.1, 0.15) is 23.6 Å². The van der Waals surface area contributed by atoms with Gasteiger partial charge in [-0.15, -0.1) is 0 Å². The van der Waals surface area contributed by atoms with E-state index in [9.17, 15) is 4.79 Å². The Morgan fingerprint density at radius 2 is 2.05 bits per heavy atom. The van der Waals surface area contributed by atoms with Crippen LogP contribution in [0.5, 0.6) is 0 Å². The summed E-state index contributed by atoms with van der Waals surface area (Å²) in [5.41, 5.74) is 7.02. The predicted molar refractivity (Wildman–Crippen MR) is 87.6 cm³/mol. The van der Waals surface area contributed by atoms with E-state index in [1.807, 2.05) is 24.3 Å². The third-order valence-corrected chi connectivity index (χ3v) is 5.25. The number of nitrogens with zero attached hydrogens (tertiary/aromatic N) is 2. The number of carbonyl (C=O) groups excluding carboxylic acids is 1. The van der Waals surface area contributed by atoms with E-state index in [1.165, 1.54) is 17.3 Å². The molecule has 6 heteroatoms. The van der Waals surface area contributed by atoms with E-state index in [1.54, 1.807) is 12.4 Å². The molecule has 3 heterocycles. The largest absolute Gasteiger partial charge is 0.323 e. The molecule has 0 saturated carbocycles. The number of aromatic nitrogens is 1. The molecule has 4 rings (SSSR count). The van der Waals surface area contributed by atoms with Gasteiger partial charge in [0.2, 0.25) is 4.87 Å². The lowest BCUT2D eigenvalue weighted by molar-refractivity contribution is -0.118. The summed E-state index contributed by atoms with van der Waals surface area (Å²) in [6.45, 7) is 2.10. The third kappa shape index (κ3) is 1.84. The van der Waals surface area contributed by atoms with E-state index in [0.717, 1.165) is 28.3 Å². The van der Waals surface area contributed by atoms with Gasteiger partial charge in [-0.25, -0.2) is 0 Å². The summed E-state index contributed by atoms with van der Waals surface area (Å²) in [7, 11) is 0. The molecule has 1 spiro atoms. The molecule has 2 aliphatic heterocycles. The number of hydrazone groups is 1. The van der Waals surface area contributed by atoms with Gasteiger partial charge in [0.1, 0.15) is 5.04 Å². The molecule has 2 N–H and O–H groups in total. The number of thioether (sulfide) groups is 1. The monoisotopic (exact) mass is 310 g/mol. The lowest BCUT2D eigenvalue weighted by Gasteiger charge is -2.20. The molecule has 0 bridgehead atoms. The van der Waals surface area contributed by atoms with Crippen molar-refractivity contribution in [3.05, 3.63) is 59.4 Å². The van der Waals surface area contributed by atoms with Gasteiger partial charge in [0.05, 0.1) is 0 Å². The molecule has 0 radical (unpaired) electrons. The quantitative estimate of drug-likeness (QED) is 0.894. The van der Waals surface area contributed by atoms with E-state index in [0.29, 0.717) is 0 Å². The molecule has 2 aromatic rings. The molecule has 1 aromatic carbocycles. The number of anilines is 1. The maximum absolute atomic E-state index is 12.6. The van der Waals surface area contributed by atoms with Gasteiger partial charge < -0.3 is 5.32 Å². The Morgan fingerprint density at radius 1 is 1.23 bits per heavy atom. The normalized spacial score (nSPS) is 22.2. The van der Waals surface area contributed by atoms with Gasteiger partial charge in [-0.1, -0.05) is 24.8 Å². The number of pyridine rings is 1. The third-order valence-electron chi connectivity index (χ3n) is 3.93. The van der Waals surface area contributed by atoms with Crippen LogP contribution in [-0.4, -0.2) is 15.9 Å². The summed E-state index contributed by atoms with van der Waals surface area (Å²) in [4.78, 5) is 15.7. The fourth-order valence-corrected chi connectivity index (χ4v) is 3.84. The number of benzene rings is 1. The molecule has 1 atom stereocenters. The van der Waals surface area contributed by atoms with E-state index in [-0.39, 0.29) is 5.91 Å². The number of hydrogen-bond acceptors (Lipinski definition) is 5. The number of nitrogens with one attached hydrogen (secondary N) is 2. The van der Waals surface area contributed by atoms with Crippen molar-refractivity contribution in [2.24, 2.45) is 5.10 Å². The molecule has 22 heavy (non-hydrogen) atoms. The standard InChI is InChI=1S/C16H14N4OS/c1-2-10-3-4-13-12(9-10)16(15(21)18-13)20-19-14(22-16)11-5-7-17-8-6-11/h3-9,20H,2H2,1H3,(H,18,21). The number of rotatable bonds is 2. The molecule has 110 valence electrons. The molecule has 0 saturated heterocycles. The first kappa shape index (κ1) is 13.3. The van der Waals surface area contributed by atoms with E-state index in [4.69, 9.17) is 0 Å². The van der Waals surface area contributed by atoms with Crippen molar-refractivity contribution in [2.75, 3.05) is 5.32 Å². The Bertz CT molecular complexity index is 790. The van der Waals surface area contributed by atoms with Gasteiger partial charge >= 0.3 is 0 Å².